The van der Waals surface area contributed by atoms with Gasteiger partial charge in [0.15, 0.2) is 0 Å². The summed E-state index contributed by atoms with van der Waals surface area (Å²) in [5.41, 5.74) is 1.31. The van der Waals surface area contributed by atoms with E-state index in [2.05, 4.69) is 5.32 Å². The minimum absolute atomic E-state index is 0.169. The number of amides is 1. The van der Waals surface area contributed by atoms with E-state index in [0.29, 0.717) is 24.5 Å². The zero-order valence-electron chi connectivity index (χ0n) is 13.7. The van der Waals surface area contributed by atoms with Crippen molar-refractivity contribution in [3.05, 3.63) is 90.5 Å². The summed E-state index contributed by atoms with van der Waals surface area (Å²) in [4.78, 5) is 12.3. The molecule has 1 N–H and O–H groups in total. The fraction of sp³-hybridized carbons (Fsp3) is 0.0952. The molecule has 0 atom stereocenters. The van der Waals surface area contributed by atoms with Crippen molar-refractivity contribution in [2.24, 2.45) is 0 Å². The van der Waals surface area contributed by atoms with Crippen molar-refractivity contribution < 1.29 is 14.3 Å². The maximum absolute atomic E-state index is 12.3. The molecule has 0 aliphatic rings. The lowest BCUT2D eigenvalue weighted by Gasteiger charge is -2.10. The van der Waals surface area contributed by atoms with Crippen LogP contribution in [0, 0.1) is 0 Å². The Balaban J connectivity index is 1.51. The summed E-state index contributed by atoms with van der Waals surface area (Å²) < 4.78 is 11.2. The average molecular weight is 333 g/mol. The zero-order chi connectivity index (χ0) is 17.3. The topological polar surface area (TPSA) is 47.6 Å². The lowest BCUT2D eigenvalue weighted by atomic mass is 10.2. The average Bonchev–Trinajstić information content (AvgIpc) is 2.67. The molecule has 0 aliphatic heterocycles. The Labute approximate surface area is 147 Å². The Morgan fingerprint density at radius 2 is 1.32 bits per heavy atom. The molecule has 4 heteroatoms. The highest BCUT2D eigenvalue weighted by Gasteiger charge is 2.07. The summed E-state index contributed by atoms with van der Waals surface area (Å²) in [6.07, 6.45) is 0. The van der Waals surface area contributed by atoms with Crippen LogP contribution in [0.25, 0.3) is 0 Å². The van der Waals surface area contributed by atoms with Gasteiger partial charge in [-0.25, -0.2) is 0 Å². The molecule has 126 valence electrons. The Morgan fingerprint density at radius 3 is 2.04 bits per heavy atom. The van der Waals surface area contributed by atoms with Crippen molar-refractivity contribution in [3.63, 3.8) is 0 Å². The highest BCUT2D eigenvalue weighted by Crippen LogP contribution is 2.15. The standard InChI is InChI=1S/C21H19NO3/c23-21(22-18-9-3-1-4-10-18)17-8-7-13-20(16-17)25-15-14-24-19-11-5-2-6-12-19/h1-13,16H,14-15H2,(H,22,23). The summed E-state index contributed by atoms with van der Waals surface area (Å²) in [6, 6.07) is 26.0. The summed E-state index contributed by atoms with van der Waals surface area (Å²) in [5, 5.41) is 2.86. The second-order valence-corrected chi connectivity index (χ2v) is 5.36. The van der Waals surface area contributed by atoms with Crippen LogP contribution in [0.2, 0.25) is 0 Å². The number of carbonyl (C=O) groups is 1. The van der Waals surface area contributed by atoms with Crippen LogP contribution in [-0.4, -0.2) is 19.1 Å². The number of para-hydroxylation sites is 2. The van der Waals surface area contributed by atoms with Gasteiger partial charge in [0.1, 0.15) is 24.7 Å². The third-order valence-corrected chi connectivity index (χ3v) is 3.49. The Hall–Kier alpha value is -3.27. The van der Waals surface area contributed by atoms with Gasteiger partial charge in [0, 0.05) is 11.3 Å². The van der Waals surface area contributed by atoms with Crippen LogP contribution < -0.4 is 14.8 Å². The molecule has 3 rings (SSSR count). The second kappa shape index (κ2) is 8.55. The molecular formula is C21H19NO3. The summed E-state index contributed by atoms with van der Waals surface area (Å²) >= 11 is 0. The molecule has 0 unspecified atom stereocenters. The van der Waals surface area contributed by atoms with Crippen LogP contribution in [0.5, 0.6) is 11.5 Å². The predicted octanol–water partition coefficient (Wildman–Crippen LogP) is 4.40. The fourth-order valence-corrected chi connectivity index (χ4v) is 2.29. The Morgan fingerprint density at radius 1 is 0.720 bits per heavy atom. The van der Waals surface area contributed by atoms with Crippen LogP contribution >= 0.6 is 0 Å². The van der Waals surface area contributed by atoms with Crippen LogP contribution in [0.1, 0.15) is 10.4 Å². The number of carbonyl (C=O) groups excluding carboxylic acids is 1. The third kappa shape index (κ3) is 5.11. The van der Waals surface area contributed by atoms with E-state index in [4.69, 9.17) is 9.47 Å². The molecule has 0 aliphatic carbocycles. The fourth-order valence-electron chi connectivity index (χ4n) is 2.29. The van der Waals surface area contributed by atoms with Gasteiger partial charge in [0.25, 0.3) is 5.91 Å². The van der Waals surface area contributed by atoms with Gasteiger partial charge in [-0.2, -0.15) is 0 Å². The van der Waals surface area contributed by atoms with Gasteiger partial charge in [0.2, 0.25) is 0 Å². The highest BCUT2D eigenvalue weighted by molar-refractivity contribution is 6.04. The van der Waals surface area contributed by atoms with Crippen molar-refractivity contribution in [2.75, 3.05) is 18.5 Å². The van der Waals surface area contributed by atoms with Crippen molar-refractivity contribution in [3.8, 4) is 11.5 Å². The van der Waals surface area contributed by atoms with Gasteiger partial charge >= 0.3 is 0 Å². The number of rotatable bonds is 7. The number of benzene rings is 3. The van der Waals surface area contributed by atoms with E-state index in [1.807, 2.05) is 66.7 Å². The molecule has 0 aromatic heterocycles. The summed E-state index contributed by atoms with van der Waals surface area (Å²) in [6.45, 7) is 0.836. The largest absolute Gasteiger partial charge is 0.490 e. The molecule has 0 fully saturated rings. The van der Waals surface area contributed by atoms with E-state index in [0.717, 1.165) is 11.4 Å². The van der Waals surface area contributed by atoms with Gasteiger partial charge in [-0.3, -0.25) is 4.79 Å². The first kappa shape index (κ1) is 16.6. The van der Waals surface area contributed by atoms with Crippen molar-refractivity contribution in [1.29, 1.82) is 0 Å². The van der Waals surface area contributed by atoms with Gasteiger partial charge in [-0.05, 0) is 42.5 Å². The quantitative estimate of drug-likeness (QED) is 0.652. The van der Waals surface area contributed by atoms with Gasteiger partial charge in [-0.15, -0.1) is 0 Å². The lowest BCUT2D eigenvalue weighted by Crippen LogP contribution is -2.12. The van der Waals surface area contributed by atoms with E-state index < -0.39 is 0 Å². The number of hydrogen-bond donors (Lipinski definition) is 1. The monoisotopic (exact) mass is 333 g/mol. The molecule has 0 radical (unpaired) electrons. The first-order valence-electron chi connectivity index (χ1n) is 8.08. The molecular weight excluding hydrogens is 314 g/mol. The number of nitrogens with one attached hydrogen (secondary N) is 1. The van der Waals surface area contributed by atoms with E-state index in [1.165, 1.54) is 0 Å². The smallest absolute Gasteiger partial charge is 0.255 e. The van der Waals surface area contributed by atoms with E-state index in [-0.39, 0.29) is 5.91 Å². The zero-order valence-corrected chi connectivity index (χ0v) is 13.7. The van der Waals surface area contributed by atoms with Crippen molar-refractivity contribution in [2.45, 2.75) is 0 Å². The Kier molecular flexibility index (Phi) is 5.67. The van der Waals surface area contributed by atoms with Crippen molar-refractivity contribution >= 4 is 11.6 Å². The number of ether oxygens (including phenoxy) is 2. The van der Waals surface area contributed by atoms with Crippen LogP contribution in [0.3, 0.4) is 0 Å². The molecule has 0 spiro atoms. The maximum Gasteiger partial charge on any atom is 0.255 e. The van der Waals surface area contributed by atoms with Crippen LogP contribution in [0.15, 0.2) is 84.9 Å². The normalized spacial score (nSPS) is 10.1. The van der Waals surface area contributed by atoms with E-state index in [9.17, 15) is 4.79 Å². The number of hydrogen-bond acceptors (Lipinski definition) is 3. The molecule has 0 heterocycles. The predicted molar refractivity (Wildman–Crippen MR) is 98.3 cm³/mol. The minimum Gasteiger partial charge on any atom is -0.490 e. The number of anilines is 1. The minimum atomic E-state index is -0.169. The molecule has 4 nitrogen and oxygen atoms in total. The summed E-state index contributed by atoms with van der Waals surface area (Å²) in [5.74, 6) is 1.27. The third-order valence-electron chi connectivity index (χ3n) is 3.49. The SMILES string of the molecule is O=C(Nc1ccccc1)c1cccc(OCCOc2ccccc2)c1. The maximum atomic E-state index is 12.3. The van der Waals surface area contributed by atoms with Gasteiger partial charge in [-0.1, -0.05) is 42.5 Å². The lowest BCUT2D eigenvalue weighted by molar-refractivity contribution is 0.102. The van der Waals surface area contributed by atoms with Gasteiger partial charge in [0.05, 0.1) is 0 Å². The second-order valence-electron chi connectivity index (χ2n) is 5.36. The first-order chi connectivity index (χ1) is 12.3. The van der Waals surface area contributed by atoms with Crippen molar-refractivity contribution in [1.82, 2.24) is 0 Å². The van der Waals surface area contributed by atoms with Crippen LogP contribution in [0.4, 0.5) is 5.69 Å². The first-order valence-corrected chi connectivity index (χ1v) is 8.08. The molecule has 25 heavy (non-hydrogen) atoms. The van der Waals surface area contributed by atoms with Gasteiger partial charge < -0.3 is 14.8 Å². The molecule has 0 bridgehead atoms. The summed E-state index contributed by atoms with van der Waals surface area (Å²) in [7, 11) is 0. The van der Waals surface area contributed by atoms with E-state index >= 15 is 0 Å². The van der Waals surface area contributed by atoms with Crippen LogP contribution in [-0.2, 0) is 0 Å². The molecule has 0 saturated heterocycles. The molecule has 3 aromatic rings. The Bertz CT molecular complexity index is 804. The van der Waals surface area contributed by atoms with E-state index in [1.54, 1.807) is 18.2 Å². The highest BCUT2D eigenvalue weighted by atomic mass is 16.5. The molecule has 0 saturated carbocycles. The molecule has 1 amide bonds. The molecule has 3 aromatic carbocycles.